The number of rotatable bonds is 8. The summed E-state index contributed by atoms with van der Waals surface area (Å²) in [5.41, 5.74) is 2.01. The Morgan fingerprint density at radius 3 is 2.90 bits per heavy atom. The van der Waals surface area contributed by atoms with Gasteiger partial charge in [0.25, 0.3) is 6.43 Å². The summed E-state index contributed by atoms with van der Waals surface area (Å²) in [5, 5.41) is 11.4. The molecular formula is C13H19F2N5. The topological polar surface area (TPSA) is 47.7 Å². The SMILES string of the molecule is CCCn1nccc1CNCc1cnn(CC(F)F)c1. The highest BCUT2D eigenvalue weighted by Crippen LogP contribution is 2.03. The second-order valence-electron chi connectivity index (χ2n) is 4.61. The van der Waals surface area contributed by atoms with Crippen LogP contribution < -0.4 is 5.32 Å². The van der Waals surface area contributed by atoms with Gasteiger partial charge in [0.2, 0.25) is 0 Å². The zero-order valence-electron chi connectivity index (χ0n) is 11.5. The van der Waals surface area contributed by atoms with E-state index in [2.05, 4.69) is 22.4 Å². The maximum Gasteiger partial charge on any atom is 0.257 e. The molecule has 0 aliphatic carbocycles. The van der Waals surface area contributed by atoms with Crippen LogP contribution in [0, 0.1) is 0 Å². The number of nitrogens with one attached hydrogen (secondary N) is 1. The molecule has 1 N–H and O–H groups in total. The summed E-state index contributed by atoms with van der Waals surface area (Å²) < 4.78 is 27.6. The Morgan fingerprint density at radius 1 is 1.30 bits per heavy atom. The number of aromatic nitrogens is 4. The van der Waals surface area contributed by atoms with Crippen LogP contribution >= 0.6 is 0 Å². The molecule has 110 valence electrons. The molecule has 2 aromatic heterocycles. The van der Waals surface area contributed by atoms with E-state index in [1.807, 2.05) is 10.7 Å². The first kappa shape index (κ1) is 14.6. The van der Waals surface area contributed by atoms with Crippen LogP contribution in [0.15, 0.2) is 24.7 Å². The molecule has 0 aliphatic rings. The average Bonchev–Trinajstić information content (AvgIpc) is 3.00. The molecule has 2 rings (SSSR count). The summed E-state index contributed by atoms with van der Waals surface area (Å²) in [6.07, 6.45) is 3.70. The van der Waals surface area contributed by atoms with Crippen molar-refractivity contribution in [2.24, 2.45) is 0 Å². The lowest BCUT2D eigenvalue weighted by molar-refractivity contribution is 0.122. The van der Waals surface area contributed by atoms with E-state index in [0.717, 1.165) is 24.2 Å². The van der Waals surface area contributed by atoms with Crippen molar-refractivity contribution >= 4 is 0 Å². The summed E-state index contributed by atoms with van der Waals surface area (Å²) in [6.45, 7) is 3.94. The van der Waals surface area contributed by atoms with Gasteiger partial charge in [0, 0.05) is 37.6 Å². The minimum atomic E-state index is -2.38. The van der Waals surface area contributed by atoms with E-state index in [1.54, 1.807) is 18.6 Å². The highest BCUT2D eigenvalue weighted by molar-refractivity contribution is 5.05. The van der Waals surface area contributed by atoms with Gasteiger partial charge in [0.1, 0.15) is 6.54 Å². The van der Waals surface area contributed by atoms with Gasteiger partial charge in [-0.25, -0.2) is 8.78 Å². The lowest BCUT2D eigenvalue weighted by Gasteiger charge is -2.06. The van der Waals surface area contributed by atoms with Crippen LogP contribution in [0.4, 0.5) is 8.78 Å². The number of alkyl halides is 2. The molecule has 0 saturated heterocycles. The third-order valence-electron chi connectivity index (χ3n) is 2.89. The quantitative estimate of drug-likeness (QED) is 0.806. The molecule has 7 heteroatoms. The Bertz CT molecular complexity index is 520. The van der Waals surface area contributed by atoms with Gasteiger partial charge in [0.15, 0.2) is 0 Å². The molecule has 2 heterocycles. The highest BCUT2D eigenvalue weighted by Gasteiger charge is 2.06. The molecule has 0 unspecified atom stereocenters. The number of nitrogens with zero attached hydrogens (tertiary/aromatic N) is 4. The zero-order valence-corrected chi connectivity index (χ0v) is 11.5. The predicted molar refractivity (Wildman–Crippen MR) is 71.3 cm³/mol. The van der Waals surface area contributed by atoms with Crippen molar-refractivity contribution in [2.45, 2.75) is 45.9 Å². The average molecular weight is 283 g/mol. The van der Waals surface area contributed by atoms with Crippen molar-refractivity contribution in [3.8, 4) is 0 Å². The molecule has 5 nitrogen and oxygen atoms in total. The molecule has 0 radical (unpaired) electrons. The van der Waals surface area contributed by atoms with Crippen molar-refractivity contribution in [3.05, 3.63) is 35.9 Å². The van der Waals surface area contributed by atoms with E-state index >= 15 is 0 Å². The van der Waals surface area contributed by atoms with Gasteiger partial charge in [0.05, 0.1) is 11.9 Å². The van der Waals surface area contributed by atoms with Gasteiger partial charge >= 0.3 is 0 Å². The number of halogens is 2. The fourth-order valence-corrected chi connectivity index (χ4v) is 2.00. The maximum atomic E-state index is 12.2. The van der Waals surface area contributed by atoms with Gasteiger partial charge in [-0.2, -0.15) is 10.2 Å². The largest absolute Gasteiger partial charge is 0.307 e. The third kappa shape index (κ3) is 4.12. The maximum absolute atomic E-state index is 12.2. The normalized spacial score (nSPS) is 11.4. The molecular weight excluding hydrogens is 264 g/mol. The smallest absolute Gasteiger partial charge is 0.257 e. The van der Waals surface area contributed by atoms with Crippen molar-refractivity contribution < 1.29 is 8.78 Å². The third-order valence-corrected chi connectivity index (χ3v) is 2.89. The standard InChI is InChI=1S/C13H19F2N5/c1-2-5-20-12(3-4-17-20)8-16-6-11-7-18-19(9-11)10-13(14)15/h3-4,7,9,13,16H,2,5-6,8,10H2,1H3. The zero-order chi connectivity index (χ0) is 14.4. The minimum absolute atomic E-state index is 0.358. The lowest BCUT2D eigenvalue weighted by atomic mass is 10.3. The van der Waals surface area contributed by atoms with Crippen LogP contribution in [-0.2, 0) is 26.2 Å². The monoisotopic (exact) mass is 283 g/mol. The first-order valence-corrected chi connectivity index (χ1v) is 6.70. The summed E-state index contributed by atoms with van der Waals surface area (Å²) in [6, 6.07) is 1.98. The van der Waals surface area contributed by atoms with Crippen LogP contribution in [0.5, 0.6) is 0 Å². The molecule has 0 aromatic carbocycles. The molecule has 0 aliphatic heterocycles. The fraction of sp³-hybridized carbons (Fsp3) is 0.538. The molecule has 20 heavy (non-hydrogen) atoms. The Kier molecular flexibility index (Phi) is 5.23. The molecule has 0 amide bonds. The van der Waals surface area contributed by atoms with Crippen molar-refractivity contribution in [2.75, 3.05) is 0 Å². The number of hydrogen-bond donors (Lipinski definition) is 1. The lowest BCUT2D eigenvalue weighted by Crippen LogP contribution is -2.16. The van der Waals surface area contributed by atoms with E-state index in [9.17, 15) is 8.78 Å². The van der Waals surface area contributed by atoms with E-state index in [1.165, 1.54) is 4.68 Å². The molecule has 0 saturated carbocycles. The fourth-order valence-electron chi connectivity index (χ4n) is 2.00. The van der Waals surface area contributed by atoms with Gasteiger partial charge in [-0.05, 0) is 12.5 Å². The number of aryl methyl sites for hydroxylation is 1. The van der Waals surface area contributed by atoms with Crippen LogP contribution in [-0.4, -0.2) is 26.0 Å². The summed E-state index contributed by atoms with van der Waals surface area (Å²) in [7, 11) is 0. The Balaban J connectivity index is 1.80. The summed E-state index contributed by atoms with van der Waals surface area (Å²) >= 11 is 0. The Labute approximate surface area is 116 Å². The van der Waals surface area contributed by atoms with Gasteiger partial charge in [-0.1, -0.05) is 6.92 Å². The second kappa shape index (κ2) is 7.14. The second-order valence-corrected chi connectivity index (χ2v) is 4.61. The first-order valence-electron chi connectivity index (χ1n) is 6.70. The van der Waals surface area contributed by atoms with Crippen LogP contribution in [0.3, 0.4) is 0 Å². The van der Waals surface area contributed by atoms with Crippen LogP contribution in [0.25, 0.3) is 0 Å². The summed E-state index contributed by atoms with van der Waals surface area (Å²) in [5.74, 6) is 0. The summed E-state index contributed by atoms with van der Waals surface area (Å²) in [4.78, 5) is 0. The van der Waals surface area contributed by atoms with E-state index in [0.29, 0.717) is 13.1 Å². The van der Waals surface area contributed by atoms with Crippen molar-refractivity contribution in [1.82, 2.24) is 24.9 Å². The van der Waals surface area contributed by atoms with Gasteiger partial charge in [-0.3, -0.25) is 9.36 Å². The van der Waals surface area contributed by atoms with Crippen LogP contribution in [0.2, 0.25) is 0 Å². The molecule has 2 aromatic rings. The highest BCUT2D eigenvalue weighted by atomic mass is 19.3. The molecule has 0 atom stereocenters. The molecule has 0 spiro atoms. The van der Waals surface area contributed by atoms with Gasteiger partial charge < -0.3 is 5.32 Å². The van der Waals surface area contributed by atoms with E-state index in [-0.39, 0.29) is 6.54 Å². The van der Waals surface area contributed by atoms with Crippen molar-refractivity contribution in [3.63, 3.8) is 0 Å². The van der Waals surface area contributed by atoms with E-state index in [4.69, 9.17) is 0 Å². The first-order chi connectivity index (χ1) is 9.69. The molecule has 0 fully saturated rings. The molecule has 0 bridgehead atoms. The van der Waals surface area contributed by atoms with Crippen LogP contribution in [0.1, 0.15) is 24.6 Å². The number of hydrogen-bond acceptors (Lipinski definition) is 3. The minimum Gasteiger partial charge on any atom is -0.307 e. The van der Waals surface area contributed by atoms with E-state index < -0.39 is 6.43 Å². The van der Waals surface area contributed by atoms with Crippen molar-refractivity contribution in [1.29, 1.82) is 0 Å². The van der Waals surface area contributed by atoms with Gasteiger partial charge in [-0.15, -0.1) is 0 Å². The Morgan fingerprint density at radius 2 is 2.15 bits per heavy atom. The predicted octanol–water partition coefficient (Wildman–Crippen LogP) is 2.04. The Hall–Kier alpha value is -1.76.